The second-order valence-corrected chi connectivity index (χ2v) is 7.80. The number of benzene rings is 1. The fourth-order valence-electron chi connectivity index (χ4n) is 3.84. The molecule has 2 aromatic heterocycles. The van der Waals surface area contributed by atoms with Crippen LogP contribution in [0.3, 0.4) is 0 Å². The van der Waals surface area contributed by atoms with Crippen molar-refractivity contribution in [2.75, 3.05) is 17.3 Å². The number of anilines is 3. The molecule has 8 nitrogen and oxygen atoms in total. The normalized spacial score (nSPS) is 18.3. The number of hydrogen-bond donors (Lipinski definition) is 2. The molecular formula is C23H27N7O. The number of amides is 1. The number of rotatable bonds is 6. The van der Waals surface area contributed by atoms with E-state index in [-0.39, 0.29) is 11.9 Å². The summed E-state index contributed by atoms with van der Waals surface area (Å²) in [4.78, 5) is 31.3. The molecular weight excluding hydrogens is 390 g/mol. The van der Waals surface area contributed by atoms with Gasteiger partial charge in [0.1, 0.15) is 11.6 Å². The summed E-state index contributed by atoms with van der Waals surface area (Å²) >= 11 is 0. The molecule has 31 heavy (non-hydrogen) atoms. The number of carbonyl (C=O) groups excluding carboxylic acids is 1. The third-order valence-corrected chi connectivity index (χ3v) is 5.47. The molecule has 1 aliphatic carbocycles. The minimum Gasteiger partial charge on any atom is -0.354 e. The summed E-state index contributed by atoms with van der Waals surface area (Å²) in [5.74, 6) is 2.82. The summed E-state index contributed by atoms with van der Waals surface area (Å²) in [6, 6.07) is 14.2. The van der Waals surface area contributed by atoms with Gasteiger partial charge in [-0.3, -0.25) is 4.79 Å². The standard InChI is InChI=1S/C23H27N7O/c1-16(31)26-18-8-10-19(11-9-18)27-23-25-15-13-21(29-23)30(2)20-12-14-24-22(28-20)17-6-4-3-5-7-17/h3-7,12-15,18-19H,8-11H2,1-2H3,(H,26,31)(H,25,27,29). The predicted molar refractivity (Wildman–Crippen MR) is 121 cm³/mol. The lowest BCUT2D eigenvalue weighted by molar-refractivity contribution is -0.119. The first kappa shape index (κ1) is 20.7. The van der Waals surface area contributed by atoms with Crippen LogP contribution < -0.4 is 15.5 Å². The van der Waals surface area contributed by atoms with E-state index in [0.29, 0.717) is 17.8 Å². The Bertz CT molecular complexity index is 1020. The molecule has 0 radical (unpaired) electrons. The van der Waals surface area contributed by atoms with E-state index in [0.717, 1.165) is 42.9 Å². The minimum atomic E-state index is 0.0376. The van der Waals surface area contributed by atoms with Gasteiger partial charge < -0.3 is 15.5 Å². The Hall–Kier alpha value is -3.55. The Kier molecular flexibility index (Phi) is 6.35. The molecule has 8 heteroatoms. The molecule has 1 aromatic carbocycles. The first-order chi connectivity index (χ1) is 15.1. The number of carbonyl (C=O) groups is 1. The molecule has 0 atom stereocenters. The van der Waals surface area contributed by atoms with Crippen molar-refractivity contribution in [3.8, 4) is 11.4 Å². The highest BCUT2D eigenvalue weighted by molar-refractivity contribution is 5.73. The zero-order valence-corrected chi connectivity index (χ0v) is 17.8. The summed E-state index contributed by atoms with van der Waals surface area (Å²) in [7, 11) is 1.93. The highest BCUT2D eigenvalue weighted by atomic mass is 16.1. The quantitative estimate of drug-likeness (QED) is 0.633. The molecule has 160 valence electrons. The summed E-state index contributed by atoms with van der Waals surface area (Å²) in [6.07, 6.45) is 7.37. The molecule has 0 unspecified atom stereocenters. The van der Waals surface area contributed by atoms with Crippen molar-refractivity contribution >= 4 is 23.5 Å². The van der Waals surface area contributed by atoms with Crippen molar-refractivity contribution < 1.29 is 4.79 Å². The molecule has 1 fully saturated rings. The maximum Gasteiger partial charge on any atom is 0.224 e. The summed E-state index contributed by atoms with van der Waals surface area (Å²) in [5, 5.41) is 6.45. The SMILES string of the molecule is CC(=O)NC1CCC(Nc2nccc(N(C)c3ccnc(-c4ccccc4)n3)n2)CC1. The van der Waals surface area contributed by atoms with Gasteiger partial charge in [-0.25, -0.2) is 15.0 Å². The van der Waals surface area contributed by atoms with Crippen LogP contribution in [0.15, 0.2) is 54.9 Å². The zero-order chi connectivity index (χ0) is 21.6. The van der Waals surface area contributed by atoms with E-state index in [1.54, 1.807) is 19.3 Å². The van der Waals surface area contributed by atoms with Gasteiger partial charge in [-0.2, -0.15) is 4.98 Å². The van der Waals surface area contributed by atoms with Gasteiger partial charge >= 0.3 is 0 Å². The Morgan fingerprint density at radius 2 is 1.55 bits per heavy atom. The smallest absolute Gasteiger partial charge is 0.224 e. The molecule has 1 amide bonds. The van der Waals surface area contributed by atoms with E-state index >= 15 is 0 Å². The lowest BCUT2D eigenvalue weighted by Crippen LogP contribution is -2.39. The molecule has 2 N–H and O–H groups in total. The van der Waals surface area contributed by atoms with Gasteiger partial charge in [-0.15, -0.1) is 0 Å². The highest BCUT2D eigenvalue weighted by Crippen LogP contribution is 2.24. The van der Waals surface area contributed by atoms with E-state index in [2.05, 4.69) is 25.6 Å². The summed E-state index contributed by atoms with van der Waals surface area (Å²) in [6.45, 7) is 1.57. The lowest BCUT2D eigenvalue weighted by Gasteiger charge is -2.29. The maximum absolute atomic E-state index is 11.2. The molecule has 4 rings (SSSR count). The Morgan fingerprint density at radius 3 is 2.26 bits per heavy atom. The number of hydrogen-bond acceptors (Lipinski definition) is 7. The van der Waals surface area contributed by atoms with Gasteiger partial charge in [-0.1, -0.05) is 30.3 Å². The largest absolute Gasteiger partial charge is 0.354 e. The van der Waals surface area contributed by atoms with Crippen molar-refractivity contribution in [2.45, 2.75) is 44.7 Å². The number of aromatic nitrogens is 4. The Balaban J connectivity index is 1.43. The van der Waals surface area contributed by atoms with E-state index < -0.39 is 0 Å². The van der Waals surface area contributed by atoms with Crippen LogP contribution in [0.1, 0.15) is 32.6 Å². The first-order valence-corrected chi connectivity index (χ1v) is 10.6. The van der Waals surface area contributed by atoms with Gasteiger partial charge in [0, 0.05) is 44.0 Å². The average molecular weight is 418 g/mol. The van der Waals surface area contributed by atoms with Crippen LogP contribution in [0, 0.1) is 0 Å². The van der Waals surface area contributed by atoms with Crippen LogP contribution in [0.2, 0.25) is 0 Å². The van der Waals surface area contributed by atoms with Gasteiger partial charge in [0.25, 0.3) is 0 Å². The summed E-state index contributed by atoms with van der Waals surface area (Å²) < 4.78 is 0. The van der Waals surface area contributed by atoms with Crippen molar-refractivity contribution in [3.63, 3.8) is 0 Å². The fourth-order valence-corrected chi connectivity index (χ4v) is 3.84. The topological polar surface area (TPSA) is 95.9 Å². The fraction of sp³-hybridized carbons (Fsp3) is 0.348. The summed E-state index contributed by atoms with van der Waals surface area (Å²) in [5.41, 5.74) is 0.970. The van der Waals surface area contributed by atoms with Crippen molar-refractivity contribution in [1.29, 1.82) is 0 Å². The van der Waals surface area contributed by atoms with Crippen LogP contribution >= 0.6 is 0 Å². The number of nitrogens with zero attached hydrogens (tertiary/aromatic N) is 5. The van der Waals surface area contributed by atoms with E-state index in [1.807, 2.05) is 54.4 Å². The molecule has 3 aromatic rings. The second kappa shape index (κ2) is 9.51. The van der Waals surface area contributed by atoms with Gasteiger partial charge in [0.15, 0.2) is 5.82 Å². The van der Waals surface area contributed by atoms with Crippen LogP contribution in [-0.4, -0.2) is 45.0 Å². The molecule has 2 heterocycles. The van der Waals surface area contributed by atoms with Crippen molar-refractivity contribution in [2.24, 2.45) is 0 Å². The van der Waals surface area contributed by atoms with Crippen LogP contribution in [-0.2, 0) is 4.79 Å². The highest BCUT2D eigenvalue weighted by Gasteiger charge is 2.22. The molecule has 0 spiro atoms. The van der Waals surface area contributed by atoms with E-state index in [4.69, 9.17) is 4.98 Å². The Morgan fingerprint density at radius 1 is 0.903 bits per heavy atom. The third kappa shape index (κ3) is 5.33. The molecule has 0 aliphatic heterocycles. The zero-order valence-electron chi connectivity index (χ0n) is 17.8. The van der Waals surface area contributed by atoms with Gasteiger partial charge in [0.2, 0.25) is 11.9 Å². The number of nitrogens with one attached hydrogen (secondary N) is 2. The first-order valence-electron chi connectivity index (χ1n) is 10.6. The molecule has 0 bridgehead atoms. The van der Waals surface area contributed by atoms with Gasteiger partial charge in [0.05, 0.1) is 0 Å². The maximum atomic E-state index is 11.2. The van der Waals surface area contributed by atoms with Crippen molar-refractivity contribution in [3.05, 3.63) is 54.9 Å². The van der Waals surface area contributed by atoms with Crippen LogP contribution in [0.25, 0.3) is 11.4 Å². The average Bonchev–Trinajstić information content (AvgIpc) is 2.80. The van der Waals surface area contributed by atoms with Crippen molar-refractivity contribution in [1.82, 2.24) is 25.3 Å². The van der Waals surface area contributed by atoms with E-state index in [1.165, 1.54) is 0 Å². The monoisotopic (exact) mass is 417 g/mol. The molecule has 0 saturated heterocycles. The molecule has 1 aliphatic rings. The lowest BCUT2D eigenvalue weighted by atomic mass is 9.91. The minimum absolute atomic E-state index is 0.0376. The second-order valence-electron chi connectivity index (χ2n) is 7.80. The van der Waals surface area contributed by atoms with Crippen LogP contribution in [0.4, 0.5) is 17.6 Å². The molecule has 1 saturated carbocycles. The van der Waals surface area contributed by atoms with Crippen LogP contribution in [0.5, 0.6) is 0 Å². The Labute approximate surface area is 182 Å². The predicted octanol–water partition coefficient (Wildman–Crippen LogP) is 3.56. The van der Waals surface area contributed by atoms with Gasteiger partial charge in [-0.05, 0) is 37.8 Å². The van der Waals surface area contributed by atoms with E-state index in [9.17, 15) is 4.79 Å². The third-order valence-electron chi connectivity index (χ3n) is 5.47.